The molecular weight excluding hydrogens is 398 g/mol. The highest BCUT2D eigenvalue weighted by Crippen LogP contribution is 2.37. The maximum Gasteiger partial charge on any atom is 0.335 e. The molecule has 8 heteroatoms. The molecule has 0 unspecified atom stereocenters. The van der Waals surface area contributed by atoms with Crippen molar-refractivity contribution in [3.8, 4) is 17.3 Å². The van der Waals surface area contributed by atoms with Crippen molar-refractivity contribution in [2.45, 2.75) is 26.3 Å². The molecule has 2 heterocycles. The molecule has 0 bridgehead atoms. The number of aromatic hydroxyl groups is 1. The van der Waals surface area contributed by atoms with E-state index in [0.29, 0.717) is 31.0 Å². The van der Waals surface area contributed by atoms with Gasteiger partial charge in [0.25, 0.3) is 5.56 Å². The second-order valence-electron chi connectivity index (χ2n) is 7.32. The highest BCUT2D eigenvalue weighted by Gasteiger charge is 2.35. The summed E-state index contributed by atoms with van der Waals surface area (Å²) < 4.78 is 6.45. The number of rotatable bonds is 4. The van der Waals surface area contributed by atoms with Crippen molar-refractivity contribution in [3.05, 3.63) is 86.1 Å². The highest BCUT2D eigenvalue weighted by atomic mass is 16.5. The Balaban J connectivity index is 1.93. The first-order valence-electron chi connectivity index (χ1n) is 10.1. The number of aromatic amines is 1. The predicted molar refractivity (Wildman–Crippen MR) is 115 cm³/mol. The number of amides is 1. The number of benzene rings is 2. The Bertz CT molecular complexity index is 1240. The first-order valence-corrected chi connectivity index (χ1v) is 10.1. The molecule has 0 radical (unpaired) electrons. The van der Waals surface area contributed by atoms with Crippen LogP contribution >= 0.6 is 0 Å². The number of nitrogens with one attached hydrogen (secondary N) is 1. The van der Waals surface area contributed by atoms with Crippen LogP contribution in [0.2, 0.25) is 0 Å². The van der Waals surface area contributed by atoms with Gasteiger partial charge in [-0.25, -0.2) is 9.36 Å². The number of aromatic nitrogens is 2. The lowest BCUT2D eigenvalue weighted by atomic mass is 9.89. The number of carbonyl (C=O) groups excluding carboxylic acids is 1. The van der Waals surface area contributed by atoms with E-state index in [1.165, 1.54) is 6.92 Å². The summed E-state index contributed by atoms with van der Waals surface area (Å²) in [6, 6.07) is 13.3. The van der Waals surface area contributed by atoms with E-state index in [9.17, 15) is 19.5 Å². The number of nitrogens with zero attached hydrogens (tertiary/aromatic N) is 2. The maximum atomic E-state index is 12.9. The van der Waals surface area contributed by atoms with Gasteiger partial charge in [0.15, 0.2) is 0 Å². The van der Waals surface area contributed by atoms with Gasteiger partial charge in [-0.2, -0.15) is 0 Å². The van der Waals surface area contributed by atoms with Crippen LogP contribution in [0.15, 0.2) is 58.1 Å². The molecule has 0 aliphatic carbocycles. The van der Waals surface area contributed by atoms with Gasteiger partial charge in [-0.15, -0.1) is 0 Å². The van der Waals surface area contributed by atoms with Gasteiger partial charge >= 0.3 is 5.69 Å². The minimum absolute atomic E-state index is 0.0455. The van der Waals surface area contributed by atoms with E-state index in [4.69, 9.17) is 4.74 Å². The topological polar surface area (TPSA) is 105 Å². The van der Waals surface area contributed by atoms with Crippen molar-refractivity contribution in [3.63, 3.8) is 0 Å². The molecule has 1 aliphatic rings. The lowest BCUT2D eigenvalue weighted by Gasteiger charge is -2.36. The van der Waals surface area contributed by atoms with Gasteiger partial charge in [0.2, 0.25) is 11.8 Å². The Morgan fingerprint density at radius 3 is 2.55 bits per heavy atom. The van der Waals surface area contributed by atoms with Crippen LogP contribution < -0.4 is 16.0 Å². The van der Waals surface area contributed by atoms with Gasteiger partial charge in [0, 0.05) is 13.5 Å². The van der Waals surface area contributed by atoms with E-state index in [1.807, 2.05) is 31.2 Å². The molecule has 0 saturated heterocycles. The quantitative estimate of drug-likeness (QED) is 0.672. The van der Waals surface area contributed by atoms with Crippen LogP contribution in [0.3, 0.4) is 0 Å². The number of carbonyl (C=O) groups is 1. The van der Waals surface area contributed by atoms with E-state index in [0.717, 1.165) is 15.7 Å². The van der Waals surface area contributed by atoms with Crippen LogP contribution in [0.1, 0.15) is 36.6 Å². The molecular formula is C23H23N3O5. The molecule has 0 fully saturated rings. The molecule has 1 amide bonds. The zero-order valence-electron chi connectivity index (χ0n) is 17.3. The summed E-state index contributed by atoms with van der Waals surface area (Å²) in [5, 5.41) is 11.1. The lowest BCUT2D eigenvalue weighted by Crippen LogP contribution is -2.43. The van der Waals surface area contributed by atoms with Gasteiger partial charge in [-0.05, 0) is 48.7 Å². The van der Waals surface area contributed by atoms with Crippen molar-refractivity contribution < 1.29 is 14.6 Å². The Labute approximate surface area is 178 Å². The normalized spacial score (nSPS) is 15.4. The van der Waals surface area contributed by atoms with E-state index in [2.05, 4.69) is 4.98 Å². The van der Waals surface area contributed by atoms with Gasteiger partial charge < -0.3 is 14.7 Å². The molecule has 31 heavy (non-hydrogen) atoms. The molecule has 3 aromatic rings. The van der Waals surface area contributed by atoms with Crippen LogP contribution in [0, 0.1) is 0 Å². The standard InChI is InChI=1S/C23H23N3O5/c1-3-31-17-10-8-16(9-11-17)26-22(29)19(21(28)24-23(26)30)20-18-7-5-4-6-15(18)12-13-25(20)14(2)27/h4-11,20,29H,3,12-13H2,1-2H3,(H,24,28,30)/t20-/m0/s1. The van der Waals surface area contributed by atoms with E-state index in [1.54, 1.807) is 29.2 Å². The maximum absolute atomic E-state index is 12.9. The first-order chi connectivity index (χ1) is 14.9. The van der Waals surface area contributed by atoms with Crippen LogP contribution in [-0.2, 0) is 11.2 Å². The minimum atomic E-state index is -0.805. The van der Waals surface area contributed by atoms with Crippen molar-refractivity contribution >= 4 is 5.91 Å². The molecule has 4 rings (SSSR count). The molecule has 2 aromatic carbocycles. The summed E-state index contributed by atoms with van der Waals surface area (Å²) in [5.74, 6) is -0.101. The Hall–Kier alpha value is -3.81. The number of H-pyrrole nitrogens is 1. The summed E-state index contributed by atoms with van der Waals surface area (Å²) in [4.78, 5) is 41.7. The van der Waals surface area contributed by atoms with Crippen LogP contribution in [0.5, 0.6) is 11.6 Å². The smallest absolute Gasteiger partial charge is 0.335 e. The van der Waals surface area contributed by atoms with Gasteiger partial charge in [0.1, 0.15) is 11.3 Å². The van der Waals surface area contributed by atoms with Crippen molar-refractivity contribution in [2.24, 2.45) is 0 Å². The third kappa shape index (κ3) is 3.61. The van der Waals surface area contributed by atoms with E-state index >= 15 is 0 Å². The van der Waals surface area contributed by atoms with Crippen LogP contribution in [0.25, 0.3) is 5.69 Å². The number of fused-ring (bicyclic) bond motifs is 1. The van der Waals surface area contributed by atoms with Crippen LogP contribution in [-0.4, -0.2) is 38.6 Å². The average molecular weight is 421 g/mol. The van der Waals surface area contributed by atoms with Gasteiger partial charge in [0.05, 0.1) is 18.3 Å². The number of hydrogen-bond donors (Lipinski definition) is 2. The first kappa shape index (κ1) is 20.5. The van der Waals surface area contributed by atoms with E-state index < -0.39 is 23.2 Å². The fourth-order valence-corrected chi connectivity index (χ4v) is 4.10. The van der Waals surface area contributed by atoms with Crippen LogP contribution in [0.4, 0.5) is 0 Å². The second-order valence-corrected chi connectivity index (χ2v) is 7.32. The number of ether oxygens (including phenoxy) is 1. The van der Waals surface area contributed by atoms with Gasteiger partial charge in [-0.1, -0.05) is 24.3 Å². The molecule has 160 valence electrons. The largest absolute Gasteiger partial charge is 0.494 e. The SMILES string of the molecule is CCOc1ccc(-n2c(O)c([C@@H]3c4ccccc4CCN3C(C)=O)c(=O)[nH]c2=O)cc1. The summed E-state index contributed by atoms with van der Waals surface area (Å²) in [6.45, 7) is 4.18. The molecule has 8 nitrogen and oxygen atoms in total. The Morgan fingerprint density at radius 1 is 1.16 bits per heavy atom. The fourth-order valence-electron chi connectivity index (χ4n) is 4.10. The highest BCUT2D eigenvalue weighted by molar-refractivity contribution is 5.75. The molecule has 0 spiro atoms. The monoisotopic (exact) mass is 421 g/mol. The molecule has 0 saturated carbocycles. The second kappa shape index (κ2) is 8.14. The third-order valence-electron chi connectivity index (χ3n) is 5.49. The zero-order valence-corrected chi connectivity index (χ0v) is 17.3. The van der Waals surface area contributed by atoms with Crippen molar-refractivity contribution in [1.29, 1.82) is 0 Å². The minimum Gasteiger partial charge on any atom is -0.494 e. The Morgan fingerprint density at radius 2 is 1.87 bits per heavy atom. The third-order valence-corrected chi connectivity index (χ3v) is 5.49. The molecule has 1 aliphatic heterocycles. The average Bonchev–Trinajstić information content (AvgIpc) is 2.74. The van der Waals surface area contributed by atoms with Crippen molar-refractivity contribution in [1.82, 2.24) is 14.5 Å². The summed E-state index contributed by atoms with van der Waals surface area (Å²) >= 11 is 0. The summed E-state index contributed by atoms with van der Waals surface area (Å²) in [5.41, 5.74) is 0.563. The molecule has 2 N–H and O–H groups in total. The molecule has 1 aromatic heterocycles. The van der Waals surface area contributed by atoms with E-state index in [-0.39, 0.29) is 11.5 Å². The zero-order chi connectivity index (χ0) is 22.1. The summed E-state index contributed by atoms with van der Waals surface area (Å²) in [6.07, 6.45) is 0.642. The predicted octanol–water partition coefficient (Wildman–Crippen LogP) is 2.12. The fraction of sp³-hybridized carbons (Fsp3) is 0.261. The van der Waals surface area contributed by atoms with Gasteiger partial charge in [-0.3, -0.25) is 14.6 Å². The summed E-state index contributed by atoms with van der Waals surface area (Å²) in [7, 11) is 0. The van der Waals surface area contributed by atoms with Crippen molar-refractivity contribution in [2.75, 3.05) is 13.2 Å². The number of hydrogen-bond acceptors (Lipinski definition) is 5. The lowest BCUT2D eigenvalue weighted by molar-refractivity contribution is -0.130. The Kier molecular flexibility index (Phi) is 5.37. The molecule has 1 atom stereocenters.